The predicted molar refractivity (Wildman–Crippen MR) is 65.2 cm³/mol. The molecule has 2 N–H and O–H groups in total. The van der Waals surface area contributed by atoms with E-state index in [0.29, 0.717) is 6.04 Å². The first-order valence-corrected chi connectivity index (χ1v) is 5.57. The summed E-state index contributed by atoms with van der Waals surface area (Å²) in [6.45, 7) is 6.44. The van der Waals surface area contributed by atoms with Gasteiger partial charge in [0.1, 0.15) is 5.82 Å². The van der Waals surface area contributed by atoms with Crippen LogP contribution in [0.5, 0.6) is 0 Å². The largest absolute Gasteiger partial charge is 0.394 e. The van der Waals surface area contributed by atoms with Crippen molar-refractivity contribution >= 4 is 11.5 Å². The van der Waals surface area contributed by atoms with Crippen LogP contribution in [0, 0.1) is 0 Å². The number of hydrogen-bond acceptors (Lipinski definition) is 3. The minimum absolute atomic E-state index is 0.479. The van der Waals surface area contributed by atoms with Crippen LogP contribution in [0.25, 0.3) is 0 Å². The molecule has 4 nitrogen and oxygen atoms in total. The summed E-state index contributed by atoms with van der Waals surface area (Å²) in [6, 6.07) is 0.479. The standard InChI is InChI=1S/C11H22N4/c1-6-8(3)14(4)11-10(12)9(7-2)13-15(11)5/h8H,6-7,12H2,1-5H3. The van der Waals surface area contributed by atoms with Gasteiger partial charge in [-0.1, -0.05) is 13.8 Å². The second-order valence-electron chi connectivity index (χ2n) is 4.03. The van der Waals surface area contributed by atoms with Gasteiger partial charge in [0.15, 0.2) is 0 Å². The maximum atomic E-state index is 6.08. The van der Waals surface area contributed by atoms with Crippen molar-refractivity contribution in [1.29, 1.82) is 0 Å². The molecule has 86 valence electrons. The van der Waals surface area contributed by atoms with Gasteiger partial charge in [-0.3, -0.25) is 4.68 Å². The van der Waals surface area contributed by atoms with Gasteiger partial charge in [0.2, 0.25) is 0 Å². The Hall–Kier alpha value is -1.19. The Morgan fingerprint density at radius 2 is 2.07 bits per heavy atom. The van der Waals surface area contributed by atoms with Crippen molar-refractivity contribution in [1.82, 2.24) is 9.78 Å². The molecule has 4 heteroatoms. The molecule has 0 fully saturated rings. The summed E-state index contributed by atoms with van der Waals surface area (Å²) < 4.78 is 1.88. The van der Waals surface area contributed by atoms with Crippen LogP contribution in [0.15, 0.2) is 0 Å². The minimum atomic E-state index is 0.479. The van der Waals surface area contributed by atoms with Crippen molar-refractivity contribution in [2.75, 3.05) is 17.7 Å². The Morgan fingerprint density at radius 3 is 2.47 bits per heavy atom. The van der Waals surface area contributed by atoms with E-state index in [4.69, 9.17) is 5.73 Å². The summed E-state index contributed by atoms with van der Waals surface area (Å²) in [7, 11) is 4.02. The Bertz CT molecular complexity index is 330. The van der Waals surface area contributed by atoms with E-state index in [0.717, 1.165) is 30.0 Å². The van der Waals surface area contributed by atoms with E-state index in [1.807, 2.05) is 11.7 Å². The van der Waals surface area contributed by atoms with E-state index in [9.17, 15) is 0 Å². The Morgan fingerprint density at radius 1 is 1.47 bits per heavy atom. The topological polar surface area (TPSA) is 47.1 Å². The lowest BCUT2D eigenvalue weighted by Gasteiger charge is -2.26. The van der Waals surface area contributed by atoms with Crippen molar-refractivity contribution in [3.8, 4) is 0 Å². The van der Waals surface area contributed by atoms with E-state index in [1.54, 1.807) is 0 Å². The smallest absolute Gasteiger partial charge is 0.150 e. The first-order valence-electron chi connectivity index (χ1n) is 5.57. The molecule has 0 saturated heterocycles. The van der Waals surface area contributed by atoms with Crippen LogP contribution in [0.1, 0.15) is 32.9 Å². The fraction of sp³-hybridized carbons (Fsp3) is 0.727. The Kier molecular flexibility index (Phi) is 3.61. The number of aryl methyl sites for hydroxylation is 2. The van der Waals surface area contributed by atoms with Crippen LogP contribution in [0.2, 0.25) is 0 Å². The third kappa shape index (κ3) is 2.08. The van der Waals surface area contributed by atoms with E-state index in [2.05, 4.69) is 37.8 Å². The Labute approximate surface area is 92.1 Å². The molecular weight excluding hydrogens is 188 g/mol. The van der Waals surface area contributed by atoms with Crippen LogP contribution in [-0.2, 0) is 13.5 Å². The zero-order chi connectivity index (χ0) is 11.6. The number of hydrogen-bond donors (Lipinski definition) is 1. The van der Waals surface area contributed by atoms with Gasteiger partial charge in [-0.25, -0.2) is 0 Å². The first kappa shape index (κ1) is 11.9. The van der Waals surface area contributed by atoms with Crippen molar-refractivity contribution in [3.05, 3.63) is 5.69 Å². The molecule has 1 unspecified atom stereocenters. The number of rotatable bonds is 4. The lowest BCUT2D eigenvalue weighted by atomic mass is 10.2. The van der Waals surface area contributed by atoms with Gasteiger partial charge in [-0.15, -0.1) is 0 Å². The molecule has 0 aliphatic rings. The quantitative estimate of drug-likeness (QED) is 0.824. The zero-order valence-electron chi connectivity index (χ0n) is 10.4. The molecule has 0 aromatic carbocycles. The minimum Gasteiger partial charge on any atom is -0.394 e. The van der Waals surface area contributed by atoms with Crippen molar-refractivity contribution in [3.63, 3.8) is 0 Å². The van der Waals surface area contributed by atoms with Gasteiger partial charge in [0.05, 0.1) is 11.4 Å². The predicted octanol–water partition coefficient (Wildman–Crippen LogP) is 1.80. The highest BCUT2D eigenvalue weighted by Crippen LogP contribution is 2.27. The zero-order valence-corrected chi connectivity index (χ0v) is 10.4. The molecule has 0 spiro atoms. The number of nitrogen functional groups attached to an aromatic ring is 1. The van der Waals surface area contributed by atoms with E-state index in [1.165, 1.54) is 0 Å². The highest BCUT2D eigenvalue weighted by molar-refractivity contribution is 5.66. The summed E-state index contributed by atoms with van der Waals surface area (Å²) in [5, 5.41) is 4.42. The van der Waals surface area contributed by atoms with Crippen LogP contribution in [-0.4, -0.2) is 22.9 Å². The van der Waals surface area contributed by atoms with Crippen LogP contribution in [0.4, 0.5) is 11.5 Å². The van der Waals surface area contributed by atoms with Crippen LogP contribution < -0.4 is 10.6 Å². The summed E-state index contributed by atoms with van der Waals surface area (Å²) in [6.07, 6.45) is 1.98. The average Bonchev–Trinajstić information content (AvgIpc) is 2.51. The van der Waals surface area contributed by atoms with Crippen LogP contribution in [0.3, 0.4) is 0 Å². The van der Waals surface area contributed by atoms with Gasteiger partial charge in [-0.05, 0) is 19.8 Å². The highest BCUT2D eigenvalue weighted by Gasteiger charge is 2.18. The lowest BCUT2D eigenvalue weighted by Crippen LogP contribution is -2.30. The molecule has 1 aromatic heterocycles. The number of aromatic nitrogens is 2. The lowest BCUT2D eigenvalue weighted by molar-refractivity contribution is 0.629. The first-order chi connectivity index (χ1) is 7.02. The normalized spacial score (nSPS) is 12.9. The fourth-order valence-corrected chi connectivity index (χ4v) is 1.75. The summed E-state index contributed by atoms with van der Waals surface area (Å²) in [5.74, 6) is 1.03. The summed E-state index contributed by atoms with van der Waals surface area (Å²) in [4.78, 5) is 2.20. The summed E-state index contributed by atoms with van der Waals surface area (Å²) in [5.41, 5.74) is 7.89. The molecule has 1 rings (SSSR count). The molecule has 0 aliphatic heterocycles. The van der Waals surface area contributed by atoms with Crippen LogP contribution >= 0.6 is 0 Å². The van der Waals surface area contributed by atoms with Gasteiger partial charge < -0.3 is 10.6 Å². The van der Waals surface area contributed by atoms with Crippen molar-refractivity contribution in [2.24, 2.45) is 7.05 Å². The van der Waals surface area contributed by atoms with Crippen molar-refractivity contribution in [2.45, 2.75) is 39.7 Å². The van der Waals surface area contributed by atoms with Gasteiger partial charge in [0, 0.05) is 20.1 Å². The molecule has 1 aromatic rings. The third-order valence-electron chi connectivity index (χ3n) is 3.05. The monoisotopic (exact) mass is 210 g/mol. The van der Waals surface area contributed by atoms with E-state index in [-0.39, 0.29) is 0 Å². The van der Waals surface area contributed by atoms with Gasteiger partial charge >= 0.3 is 0 Å². The number of nitrogens with zero attached hydrogens (tertiary/aromatic N) is 3. The molecular formula is C11H22N4. The average molecular weight is 210 g/mol. The van der Waals surface area contributed by atoms with Crippen molar-refractivity contribution < 1.29 is 0 Å². The maximum absolute atomic E-state index is 6.08. The molecule has 0 saturated carbocycles. The molecule has 0 amide bonds. The fourth-order valence-electron chi connectivity index (χ4n) is 1.75. The second-order valence-corrected chi connectivity index (χ2v) is 4.03. The van der Waals surface area contributed by atoms with E-state index >= 15 is 0 Å². The third-order valence-corrected chi connectivity index (χ3v) is 3.05. The molecule has 1 heterocycles. The summed E-state index contributed by atoms with van der Waals surface area (Å²) >= 11 is 0. The van der Waals surface area contributed by atoms with Gasteiger partial charge in [-0.2, -0.15) is 5.10 Å². The number of anilines is 2. The molecule has 1 atom stereocenters. The van der Waals surface area contributed by atoms with E-state index < -0.39 is 0 Å². The van der Waals surface area contributed by atoms with Gasteiger partial charge in [0.25, 0.3) is 0 Å². The Balaban J connectivity index is 3.08. The SMILES string of the molecule is CCc1nn(C)c(N(C)C(C)CC)c1N. The molecule has 0 aliphatic carbocycles. The molecule has 0 radical (unpaired) electrons. The molecule has 15 heavy (non-hydrogen) atoms. The second kappa shape index (κ2) is 4.55. The highest BCUT2D eigenvalue weighted by atomic mass is 15.4. The molecule has 0 bridgehead atoms. The maximum Gasteiger partial charge on any atom is 0.150 e. The number of nitrogens with two attached hydrogens (primary N) is 1.